The van der Waals surface area contributed by atoms with E-state index >= 15 is 0 Å². The van der Waals surface area contributed by atoms with Crippen molar-refractivity contribution in [3.63, 3.8) is 0 Å². The van der Waals surface area contributed by atoms with E-state index in [0.29, 0.717) is 11.3 Å². The van der Waals surface area contributed by atoms with Crippen LogP contribution in [0, 0.1) is 0 Å². The van der Waals surface area contributed by atoms with Crippen LogP contribution in [0.3, 0.4) is 0 Å². The van der Waals surface area contributed by atoms with Crippen LogP contribution in [0.15, 0.2) is 65.5 Å². The molecule has 5 heteroatoms. The van der Waals surface area contributed by atoms with Crippen molar-refractivity contribution >= 4 is 72.3 Å². The fourth-order valence-corrected chi connectivity index (χ4v) is 6.64. The number of hydrogen-bond donors (Lipinski definition) is 0. The number of fused-ring (bicyclic) bond motifs is 4. The lowest BCUT2D eigenvalue weighted by atomic mass is 9.95. The molecule has 0 atom stereocenters. The van der Waals surface area contributed by atoms with E-state index in [2.05, 4.69) is 64.2 Å². The molecule has 0 aliphatic rings. The molecule has 6 rings (SSSR count). The summed E-state index contributed by atoms with van der Waals surface area (Å²) in [6, 6.07) is 20.4. The maximum atomic E-state index is 13.5. The van der Waals surface area contributed by atoms with Crippen molar-refractivity contribution in [1.82, 2.24) is 4.98 Å². The Morgan fingerprint density at radius 2 is 1.42 bits per heavy atom. The molecule has 0 spiro atoms. The van der Waals surface area contributed by atoms with Crippen molar-refractivity contribution in [2.75, 3.05) is 0 Å². The van der Waals surface area contributed by atoms with E-state index in [4.69, 9.17) is 9.41 Å². The van der Waals surface area contributed by atoms with E-state index < -0.39 is 8.32 Å². The molecule has 0 radical (unpaired) electrons. The minimum atomic E-state index is -2.14. The second-order valence-electron chi connectivity index (χ2n) is 10.3. The Labute approximate surface area is 197 Å². The van der Waals surface area contributed by atoms with E-state index in [9.17, 15) is 4.79 Å². The first kappa shape index (κ1) is 20.6. The predicted octanol–water partition coefficient (Wildman–Crippen LogP) is 8.09. The fourth-order valence-electron chi connectivity index (χ4n) is 4.49. The van der Waals surface area contributed by atoms with E-state index in [1.54, 1.807) is 11.3 Å². The molecule has 0 aliphatic carbocycles. The maximum Gasteiger partial charge on any atom is 0.252 e. The zero-order valence-corrected chi connectivity index (χ0v) is 21.3. The first-order valence-corrected chi connectivity index (χ1v) is 15.0. The van der Waals surface area contributed by atoms with Crippen molar-refractivity contribution in [1.29, 1.82) is 0 Å². The third-order valence-electron chi connectivity index (χ3n) is 7.30. The lowest BCUT2D eigenvalue weighted by Gasteiger charge is -2.36. The van der Waals surface area contributed by atoms with Crippen molar-refractivity contribution in [3.8, 4) is 5.88 Å². The summed E-state index contributed by atoms with van der Waals surface area (Å²) in [5.41, 5.74) is 0.925. The number of aromatic nitrogens is 1. The molecule has 0 N–H and O–H groups in total. The van der Waals surface area contributed by atoms with Gasteiger partial charge in [0.25, 0.3) is 8.32 Å². The maximum absolute atomic E-state index is 13.5. The fraction of sp³-hybridized carbons (Fsp3) is 0.214. The van der Waals surface area contributed by atoms with Gasteiger partial charge in [0.1, 0.15) is 0 Å². The normalized spacial score (nSPS) is 13.1. The van der Waals surface area contributed by atoms with E-state index in [0.717, 1.165) is 37.1 Å². The van der Waals surface area contributed by atoms with Gasteiger partial charge in [-0.1, -0.05) is 69.3 Å². The summed E-state index contributed by atoms with van der Waals surface area (Å²) >= 11 is 1.71. The van der Waals surface area contributed by atoms with Gasteiger partial charge in [-0.05, 0) is 41.0 Å². The largest absolute Gasteiger partial charge is 0.530 e. The molecule has 0 amide bonds. The van der Waals surface area contributed by atoms with Gasteiger partial charge in [0.15, 0.2) is 5.43 Å². The SMILES string of the molecule is CC(C)(C)[Si](C)(C)Oc1nc2c3ccccc3c(=O)c3ccc4c5ccccc5sc1c4c32. The molecule has 3 nitrogen and oxygen atoms in total. The Morgan fingerprint density at radius 3 is 2.15 bits per heavy atom. The monoisotopic (exact) mass is 467 g/mol. The first-order valence-electron chi connectivity index (χ1n) is 11.3. The standard InChI is InChI=1S/C28H25NO2SSi/c1-28(2,3)33(4,5)31-27-26-23-17(16-10-8-9-13-21(16)32-26)14-15-20-22(23)24(29-27)18-11-6-7-12-19(18)25(20)30/h6-15H,1-5H3. The van der Waals surface area contributed by atoms with Gasteiger partial charge in [0, 0.05) is 31.6 Å². The van der Waals surface area contributed by atoms with Crippen LogP contribution >= 0.6 is 11.3 Å². The summed E-state index contributed by atoms with van der Waals surface area (Å²) in [5, 5.41) is 6.77. The number of benzene rings is 4. The Morgan fingerprint density at radius 1 is 0.788 bits per heavy atom. The molecule has 0 saturated heterocycles. The molecular weight excluding hydrogens is 442 g/mol. The highest BCUT2D eigenvalue weighted by atomic mass is 32.1. The lowest BCUT2D eigenvalue weighted by Crippen LogP contribution is -2.44. The highest BCUT2D eigenvalue weighted by molar-refractivity contribution is 7.25. The third-order valence-corrected chi connectivity index (χ3v) is 12.8. The van der Waals surface area contributed by atoms with E-state index in [1.165, 1.54) is 10.1 Å². The van der Waals surface area contributed by atoms with Crippen LogP contribution in [0.2, 0.25) is 18.1 Å². The number of hydrogen-bond acceptors (Lipinski definition) is 4. The molecule has 0 aliphatic heterocycles. The van der Waals surface area contributed by atoms with E-state index in [-0.39, 0.29) is 10.5 Å². The average Bonchev–Trinajstić information content (AvgIpc) is 2.79. The lowest BCUT2D eigenvalue weighted by molar-refractivity contribution is 0.484. The molecule has 164 valence electrons. The van der Waals surface area contributed by atoms with Gasteiger partial charge in [-0.25, -0.2) is 4.98 Å². The predicted molar refractivity (Wildman–Crippen MR) is 145 cm³/mol. The molecule has 4 aromatic carbocycles. The molecular formula is C28H25NO2SSi. The second-order valence-corrected chi connectivity index (χ2v) is 16.1. The van der Waals surface area contributed by atoms with Crippen LogP contribution in [0.4, 0.5) is 0 Å². The van der Waals surface area contributed by atoms with Crippen molar-refractivity contribution in [2.45, 2.75) is 38.9 Å². The van der Waals surface area contributed by atoms with Gasteiger partial charge in [-0.3, -0.25) is 4.79 Å². The van der Waals surface area contributed by atoms with Crippen LogP contribution in [-0.2, 0) is 0 Å². The molecule has 2 heterocycles. The van der Waals surface area contributed by atoms with Crippen molar-refractivity contribution in [2.24, 2.45) is 0 Å². The Kier molecular flexibility index (Phi) is 4.21. The topological polar surface area (TPSA) is 39.2 Å². The minimum Gasteiger partial charge on any atom is -0.530 e. The molecule has 6 aromatic rings. The summed E-state index contributed by atoms with van der Waals surface area (Å²) in [5.74, 6) is 0.700. The van der Waals surface area contributed by atoms with Crippen LogP contribution in [0.1, 0.15) is 20.8 Å². The molecule has 33 heavy (non-hydrogen) atoms. The van der Waals surface area contributed by atoms with Crippen molar-refractivity contribution < 1.29 is 4.43 Å². The summed E-state index contributed by atoms with van der Waals surface area (Å²) in [6.07, 6.45) is 0. The first-order chi connectivity index (χ1) is 15.7. The molecule has 2 aromatic heterocycles. The zero-order chi connectivity index (χ0) is 23.1. The highest BCUT2D eigenvalue weighted by Crippen LogP contribution is 2.46. The van der Waals surface area contributed by atoms with Gasteiger partial charge >= 0.3 is 0 Å². The average molecular weight is 468 g/mol. The summed E-state index contributed by atoms with van der Waals surface area (Å²) in [7, 11) is -2.14. The van der Waals surface area contributed by atoms with Gasteiger partial charge in [0.05, 0.1) is 10.2 Å². The zero-order valence-electron chi connectivity index (χ0n) is 19.4. The quantitative estimate of drug-likeness (QED) is 0.147. The Balaban J connectivity index is 1.88. The number of rotatable bonds is 2. The summed E-state index contributed by atoms with van der Waals surface area (Å²) in [4.78, 5) is 18.6. The van der Waals surface area contributed by atoms with Gasteiger partial charge in [0.2, 0.25) is 5.88 Å². The number of nitrogens with zero attached hydrogens (tertiary/aromatic N) is 1. The smallest absolute Gasteiger partial charge is 0.252 e. The molecule has 0 saturated carbocycles. The molecule has 0 fully saturated rings. The van der Waals surface area contributed by atoms with Gasteiger partial charge in [-0.2, -0.15) is 0 Å². The van der Waals surface area contributed by atoms with Crippen molar-refractivity contribution in [3.05, 3.63) is 70.9 Å². The molecule has 0 unspecified atom stereocenters. The molecule has 0 bridgehead atoms. The van der Waals surface area contributed by atoms with Crippen LogP contribution in [0.5, 0.6) is 5.88 Å². The third kappa shape index (κ3) is 2.85. The second kappa shape index (κ2) is 6.75. The highest BCUT2D eigenvalue weighted by Gasteiger charge is 2.40. The van der Waals surface area contributed by atoms with Gasteiger partial charge in [-0.15, -0.1) is 11.3 Å². The Bertz CT molecular complexity index is 1780. The number of pyridine rings is 1. The van der Waals surface area contributed by atoms with Gasteiger partial charge < -0.3 is 4.43 Å². The van der Waals surface area contributed by atoms with Crippen LogP contribution < -0.4 is 9.85 Å². The summed E-state index contributed by atoms with van der Waals surface area (Å²) in [6.45, 7) is 11.3. The Hall–Kier alpha value is -3.02. The summed E-state index contributed by atoms with van der Waals surface area (Å²) < 4.78 is 9.09. The van der Waals surface area contributed by atoms with Crippen LogP contribution in [-0.4, -0.2) is 13.3 Å². The van der Waals surface area contributed by atoms with Crippen LogP contribution in [0.25, 0.3) is 52.6 Å². The van der Waals surface area contributed by atoms with E-state index in [1.807, 2.05) is 30.3 Å². The minimum absolute atomic E-state index is 0.0450.